The second kappa shape index (κ2) is 10.8. The Morgan fingerprint density at radius 3 is 2.30 bits per heavy atom. The van der Waals surface area contributed by atoms with E-state index in [0.29, 0.717) is 22.1 Å². The molecule has 0 radical (unpaired) electrons. The summed E-state index contributed by atoms with van der Waals surface area (Å²) in [6.07, 6.45) is -4.25. The first-order chi connectivity index (χ1) is 14.0. The van der Waals surface area contributed by atoms with Crippen LogP contribution in [0, 0.1) is 10.7 Å². The van der Waals surface area contributed by atoms with Crippen molar-refractivity contribution < 1.29 is 39.5 Å². The molecule has 1 aliphatic rings. The molecule has 0 unspecified atom stereocenters. The number of methoxy groups -OCH3 is 1. The topological polar surface area (TPSA) is 158 Å². The SMILES string of the molecule is COCC(=O)Nc1c(I)c(NC(C)=O)c(I)c([C@@]2(O)[C@@H]([C@@H](O)CO)OC[C@@H]2O)c1I. The Hall–Kier alpha value is 0.110. The molecule has 4 atom stereocenters. The molecule has 30 heavy (non-hydrogen) atoms. The highest BCUT2D eigenvalue weighted by molar-refractivity contribution is 14.1. The Balaban J connectivity index is 2.79. The first-order valence-electron chi connectivity index (χ1n) is 8.58. The molecule has 0 aromatic heterocycles. The van der Waals surface area contributed by atoms with Gasteiger partial charge in [0.2, 0.25) is 11.8 Å². The minimum atomic E-state index is -2.12. The van der Waals surface area contributed by atoms with E-state index in [9.17, 15) is 30.0 Å². The van der Waals surface area contributed by atoms with E-state index in [1.54, 1.807) is 0 Å². The van der Waals surface area contributed by atoms with Gasteiger partial charge in [0.05, 0.1) is 28.2 Å². The van der Waals surface area contributed by atoms with E-state index in [2.05, 4.69) is 10.6 Å². The first kappa shape index (κ1) is 26.4. The van der Waals surface area contributed by atoms with Crippen molar-refractivity contribution in [1.29, 1.82) is 0 Å². The van der Waals surface area contributed by atoms with Crippen molar-refractivity contribution in [2.24, 2.45) is 0 Å². The van der Waals surface area contributed by atoms with Gasteiger partial charge in [-0.05, 0) is 67.8 Å². The highest BCUT2D eigenvalue weighted by Crippen LogP contribution is 2.48. The van der Waals surface area contributed by atoms with Crippen LogP contribution in [0.25, 0.3) is 0 Å². The van der Waals surface area contributed by atoms with E-state index in [1.807, 2.05) is 67.8 Å². The molecule has 0 saturated carbocycles. The third-order valence-electron chi connectivity index (χ3n) is 4.47. The molecule has 1 fully saturated rings. The number of rotatable bonds is 7. The minimum Gasteiger partial charge on any atom is -0.394 e. The number of hydrogen-bond donors (Lipinski definition) is 6. The summed E-state index contributed by atoms with van der Waals surface area (Å²) in [6, 6.07) is 0. The largest absolute Gasteiger partial charge is 0.394 e. The average Bonchev–Trinajstić information content (AvgIpc) is 2.97. The van der Waals surface area contributed by atoms with Crippen LogP contribution < -0.4 is 10.6 Å². The van der Waals surface area contributed by atoms with Crippen LogP contribution in [0.3, 0.4) is 0 Å². The summed E-state index contributed by atoms with van der Waals surface area (Å²) in [5, 5.41) is 47.1. The van der Waals surface area contributed by atoms with Gasteiger partial charge in [0.1, 0.15) is 30.5 Å². The summed E-state index contributed by atoms with van der Waals surface area (Å²) in [5.41, 5.74) is -1.35. The Morgan fingerprint density at radius 2 is 1.80 bits per heavy atom. The monoisotopic (exact) mass is 762 g/mol. The number of carbonyl (C=O) groups is 2. The van der Waals surface area contributed by atoms with E-state index in [4.69, 9.17) is 9.47 Å². The third-order valence-corrected chi connectivity index (χ3v) is 7.71. The molecule has 1 heterocycles. The molecule has 13 heteroatoms. The number of halogens is 3. The van der Waals surface area contributed by atoms with Crippen LogP contribution in [0.4, 0.5) is 11.4 Å². The van der Waals surface area contributed by atoms with Crippen LogP contribution in [0.15, 0.2) is 0 Å². The zero-order chi connectivity index (χ0) is 22.8. The van der Waals surface area contributed by atoms with Crippen LogP contribution in [-0.2, 0) is 24.7 Å². The van der Waals surface area contributed by atoms with Gasteiger partial charge in [-0.15, -0.1) is 0 Å². The van der Waals surface area contributed by atoms with Crippen LogP contribution in [0.2, 0.25) is 0 Å². The summed E-state index contributed by atoms with van der Waals surface area (Å²) in [6.45, 7) is 0.114. The second-order valence-electron chi connectivity index (χ2n) is 6.57. The van der Waals surface area contributed by atoms with Crippen molar-refractivity contribution >= 4 is 91.0 Å². The molecule has 6 N–H and O–H groups in total. The Bertz CT molecular complexity index is 840. The van der Waals surface area contributed by atoms with Crippen molar-refractivity contribution in [3.8, 4) is 0 Å². The predicted molar refractivity (Wildman–Crippen MR) is 132 cm³/mol. The van der Waals surface area contributed by atoms with Crippen LogP contribution in [0.1, 0.15) is 12.5 Å². The van der Waals surface area contributed by atoms with E-state index >= 15 is 0 Å². The Morgan fingerprint density at radius 1 is 1.23 bits per heavy atom. The van der Waals surface area contributed by atoms with Gasteiger partial charge >= 0.3 is 0 Å². The third kappa shape index (κ3) is 5.03. The number of aliphatic hydroxyl groups is 4. The number of nitrogens with one attached hydrogen (secondary N) is 2. The smallest absolute Gasteiger partial charge is 0.250 e. The Kier molecular flexibility index (Phi) is 9.51. The van der Waals surface area contributed by atoms with Gasteiger partial charge < -0.3 is 40.5 Å². The average molecular weight is 762 g/mol. The number of hydrogen-bond acceptors (Lipinski definition) is 8. The van der Waals surface area contributed by atoms with Crippen molar-refractivity contribution in [1.82, 2.24) is 0 Å². The van der Waals surface area contributed by atoms with Crippen LogP contribution in [0.5, 0.6) is 0 Å². The van der Waals surface area contributed by atoms with Gasteiger partial charge in [0.25, 0.3) is 0 Å². The lowest BCUT2D eigenvalue weighted by molar-refractivity contribution is -0.133. The molecule has 168 valence electrons. The summed E-state index contributed by atoms with van der Waals surface area (Å²) >= 11 is 5.78. The lowest BCUT2D eigenvalue weighted by atomic mass is 9.82. The number of amides is 2. The normalized spacial score (nSPS) is 24.6. The summed E-state index contributed by atoms with van der Waals surface area (Å²) < 4.78 is 11.5. The maximum absolute atomic E-state index is 12.2. The van der Waals surface area contributed by atoms with Gasteiger partial charge in [-0.1, -0.05) is 0 Å². The van der Waals surface area contributed by atoms with Gasteiger partial charge in [0.15, 0.2) is 0 Å². The fourth-order valence-corrected chi connectivity index (χ4v) is 7.73. The number of benzene rings is 1. The van der Waals surface area contributed by atoms with Gasteiger partial charge in [0, 0.05) is 26.7 Å². The first-order valence-corrected chi connectivity index (χ1v) is 11.8. The molecular weight excluding hydrogens is 741 g/mol. The maximum Gasteiger partial charge on any atom is 0.250 e. The molecule has 2 amide bonds. The zero-order valence-corrected chi connectivity index (χ0v) is 22.4. The fraction of sp³-hybridized carbons (Fsp3) is 0.529. The van der Waals surface area contributed by atoms with Crippen molar-refractivity contribution in [2.45, 2.75) is 30.8 Å². The predicted octanol–water partition coefficient (Wildman–Crippen LogP) is 0.344. The van der Waals surface area contributed by atoms with Gasteiger partial charge in [-0.25, -0.2) is 0 Å². The molecular formula is C17H21I3N2O8. The highest BCUT2D eigenvalue weighted by atomic mass is 127. The number of carbonyl (C=O) groups excluding carboxylic acids is 2. The van der Waals surface area contributed by atoms with E-state index in [-0.39, 0.29) is 24.7 Å². The lowest BCUT2D eigenvalue weighted by Gasteiger charge is -2.36. The van der Waals surface area contributed by atoms with Crippen molar-refractivity contribution in [3.63, 3.8) is 0 Å². The molecule has 0 bridgehead atoms. The molecule has 0 spiro atoms. The summed E-state index contributed by atoms with van der Waals surface area (Å²) in [4.78, 5) is 24.0. The van der Waals surface area contributed by atoms with Crippen LogP contribution in [-0.4, -0.2) is 77.5 Å². The standard InChI is InChI=1S/C17H21I3N2O8/c1-6(24)21-14-11(18)10(12(19)15(13(14)20)22-9(27)5-29-2)17(28)8(26)4-30-16(17)7(25)3-23/h7-8,16,23,25-26,28H,3-5H2,1-2H3,(H,21,24)(H,22,27)/t7-,8-,16+,17+/m0/s1. The molecule has 1 saturated heterocycles. The number of aliphatic hydroxyl groups excluding tert-OH is 3. The van der Waals surface area contributed by atoms with Gasteiger partial charge in [-0.3, -0.25) is 9.59 Å². The molecule has 2 rings (SSSR count). The zero-order valence-electron chi connectivity index (χ0n) is 15.9. The number of ether oxygens (including phenoxy) is 2. The van der Waals surface area contributed by atoms with Crippen molar-refractivity contribution in [3.05, 3.63) is 16.3 Å². The van der Waals surface area contributed by atoms with E-state index in [1.165, 1.54) is 14.0 Å². The number of anilines is 2. The van der Waals surface area contributed by atoms with Crippen molar-refractivity contribution in [2.75, 3.05) is 37.6 Å². The summed E-state index contributed by atoms with van der Waals surface area (Å²) in [5.74, 6) is -0.842. The van der Waals surface area contributed by atoms with Gasteiger partial charge in [-0.2, -0.15) is 0 Å². The molecule has 1 aromatic carbocycles. The molecule has 10 nitrogen and oxygen atoms in total. The fourth-order valence-electron chi connectivity index (χ4n) is 3.17. The molecule has 1 aromatic rings. The quantitative estimate of drug-likeness (QED) is 0.218. The molecule has 0 aliphatic carbocycles. The Labute approximate surface area is 213 Å². The maximum atomic E-state index is 12.2. The lowest BCUT2D eigenvalue weighted by Crippen LogP contribution is -2.51. The van der Waals surface area contributed by atoms with E-state index in [0.717, 1.165) is 0 Å². The highest BCUT2D eigenvalue weighted by Gasteiger charge is 2.56. The van der Waals surface area contributed by atoms with E-state index < -0.39 is 36.4 Å². The summed E-state index contributed by atoms with van der Waals surface area (Å²) in [7, 11) is 1.37. The minimum absolute atomic E-state index is 0.156. The second-order valence-corrected chi connectivity index (χ2v) is 9.81. The van der Waals surface area contributed by atoms with Crippen LogP contribution >= 0.6 is 67.8 Å². The molecule has 1 aliphatic heterocycles.